The maximum atomic E-state index is 6.41. The summed E-state index contributed by atoms with van der Waals surface area (Å²) in [6.07, 6.45) is 4.68. The monoisotopic (exact) mass is 229 g/mol. The van der Waals surface area contributed by atoms with E-state index >= 15 is 0 Å². The summed E-state index contributed by atoms with van der Waals surface area (Å²) in [5.74, 6) is 0.640. The fourth-order valence-corrected chi connectivity index (χ4v) is 3.26. The summed E-state index contributed by atoms with van der Waals surface area (Å²) in [4.78, 5) is 0. The second kappa shape index (κ2) is 3.84. The second-order valence-electron chi connectivity index (χ2n) is 4.46. The van der Waals surface area contributed by atoms with Crippen molar-refractivity contribution in [2.75, 3.05) is 0 Å². The topological polar surface area (TPSA) is 26.0 Å². The fourth-order valence-electron chi connectivity index (χ4n) is 2.35. The van der Waals surface area contributed by atoms with Crippen LogP contribution >= 0.6 is 22.9 Å². The van der Waals surface area contributed by atoms with Crippen LogP contribution in [0.1, 0.15) is 31.7 Å². The predicted molar refractivity (Wildman–Crippen MR) is 63.0 cm³/mol. The summed E-state index contributed by atoms with van der Waals surface area (Å²) in [6, 6.07) is 2.05. The zero-order chi connectivity index (χ0) is 10.2. The lowest BCUT2D eigenvalue weighted by Crippen LogP contribution is -2.44. The van der Waals surface area contributed by atoms with Crippen LogP contribution in [0.25, 0.3) is 0 Å². The van der Waals surface area contributed by atoms with E-state index < -0.39 is 0 Å². The number of hydrogen-bond donors (Lipinski definition) is 1. The van der Waals surface area contributed by atoms with Gasteiger partial charge in [-0.1, -0.05) is 24.9 Å². The molecule has 1 heterocycles. The van der Waals surface area contributed by atoms with Crippen molar-refractivity contribution in [2.45, 2.75) is 38.1 Å². The molecule has 0 radical (unpaired) electrons. The summed E-state index contributed by atoms with van der Waals surface area (Å²) >= 11 is 7.50. The van der Waals surface area contributed by atoms with Gasteiger partial charge in [0.05, 0.1) is 4.34 Å². The first-order valence-corrected chi connectivity index (χ1v) is 6.38. The van der Waals surface area contributed by atoms with Crippen LogP contribution in [0.3, 0.4) is 0 Å². The van der Waals surface area contributed by atoms with Crippen LogP contribution in [0.15, 0.2) is 11.4 Å². The van der Waals surface area contributed by atoms with Crippen LogP contribution in [-0.4, -0.2) is 5.54 Å². The SMILES string of the molecule is CC1CCCC1(N)Cc1csc(Cl)c1. The Hall–Kier alpha value is -0.0500. The average Bonchev–Trinajstić information content (AvgIpc) is 2.62. The van der Waals surface area contributed by atoms with E-state index in [-0.39, 0.29) is 5.54 Å². The van der Waals surface area contributed by atoms with E-state index in [1.54, 1.807) is 11.3 Å². The zero-order valence-electron chi connectivity index (χ0n) is 8.42. The Bertz CT molecular complexity index is 323. The number of halogens is 1. The Kier molecular flexibility index (Phi) is 2.87. The van der Waals surface area contributed by atoms with E-state index in [9.17, 15) is 0 Å². The van der Waals surface area contributed by atoms with Gasteiger partial charge in [-0.05, 0) is 42.2 Å². The van der Waals surface area contributed by atoms with Gasteiger partial charge in [-0.3, -0.25) is 0 Å². The minimum Gasteiger partial charge on any atom is -0.325 e. The molecule has 0 spiro atoms. The van der Waals surface area contributed by atoms with Gasteiger partial charge in [-0.25, -0.2) is 0 Å². The van der Waals surface area contributed by atoms with Crippen LogP contribution in [-0.2, 0) is 6.42 Å². The van der Waals surface area contributed by atoms with Gasteiger partial charge in [0.25, 0.3) is 0 Å². The summed E-state index contributed by atoms with van der Waals surface area (Å²) < 4.78 is 0.870. The maximum Gasteiger partial charge on any atom is 0.0931 e. The van der Waals surface area contributed by atoms with E-state index in [0.717, 1.165) is 17.2 Å². The van der Waals surface area contributed by atoms with Gasteiger partial charge in [0, 0.05) is 5.54 Å². The highest BCUT2D eigenvalue weighted by Gasteiger charge is 2.36. The van der Waals surface area contributed by atoms with Crippen LogP contribution < -0.4 is 5.73 Å². The number of rotatable bonds is 2. The molecule has 1 saturated carbocycles. The first-order chi connectivity index (χ1) is 6.60. The summed E-state index contributed by atoms with van der Waals surface area (Å²) in [6.45, 7) is 2.26. The second-order valence-corrected chi connectivity index (χ2v) is 6.00. The number of thiophene rings is 1. The van der Waals surface area contributed by atoms with Crippen LogP contribution in [0.2, 0.25) is 4.34 Å². The fraction of sp³-hybridized carbons (Fsp3) is 0.636. The smallest absolute Gasteiger partial charge is 0.0931 e. The molecule has 1 aromatic heterocycles. The van der Waals surface area contributed by atoms with Crippen molar-refractivity contribution in [3.63, 3.8) is 0 Å². The zero-order valence-corrected chi connectivity index (χ0v) is 10.00. The summed E-state index contributed by atoms with van der Waals surface area (Å²) in [5.41, 5.74) is 7.73. The molecule has 2 rings (SSSR count). The van der Waals surface area contributed by atoms with E-state index in [0.29, 0.717) is 5.92 Å². The first-order valence-electron chi connectivity index (χ1n) is 5.12. The molecule has 1 aliphatic rings. The molecule has 1 aromatic rings. The quantitative estimate of drug-likeness (QED) is 0.826. The van der Waals surface area contributed by atoms with Crippen molar-refractivity contribution in [1.29, 1.82) is 0 Å². The Morgan fingerprint density at radius 2 is 2.50 bits per heavy atom. The minimum atomic E-state index is 0.0183. The lowest BCUT2D eigenvalue weighted by Gasteiger charge is -2.28. The molecule has 0 amide bonds. The molecule has 1 aliphatic carbocycles. The molecule has 1 fully saturated rings. The van der Waals surface area contributed by atoms with Gasteiger partial charge in [0.15, 0.2) is 0 Å². The normalized spacial score (nSPS) is 32.4. The Morgan fingerprint density at radius 1 is 1.71 bits per heavy atom. The lowest BCUT2D eigenvalue weighted by molar-refractivity contribution is 0.336. The van der Waals surface area contributed by atoms with Crippen LogP contribution in [0.4, 0.5) is 0 Å². The van der Waals surface area contributed by atoms with Crippen molar-refractivity contribution in [1.82, 2.24) is 0 Å². The van der Waals surface area contributed by atoms with Gasteiger partial charge in [-0.15, -0.1) is 11.3 Å². The molecule has 0 saturated heterocycles. The highest BCUT2D eigenvalue weighted by Crippen LogP contribution is 2.36. The van der Waals surface area contributed by atoms with Crippen molar-refractivity contribution in [2.24, 2.45) is 11.7 Å². The summed E-state index contributed by atoms with van der Waals surface area (Å²) in [7, 11) is 0. The van der Waals surface area contributed by atoms with E-state index in [1.807, 2.05) is 6.07 Å². The Morgan fingerprint density at radius 3 is 3.00 bits per heavy atom. The molecule has 2 atom stereocenters. The van der Waals surface area contributed by atoms with E-state index in [4.69, 9.17) is 17.3 Å². The van der Waals surface area contributed by atoms with Crippen molar-refractivity contribution >= 4 is 22.9 Å². The highest BCUT2D eigenvalue weighted by atomic mass is 35.5. The lowest BCUT2D eigenvalue weighted by atomic mass is 9.84. The van der Waals surface area contributed by atoms with Gasteiger partial charge in [-0.2, -0.15) is 0 Å². The largest absolute Gasteiger partial charge is 0.325 e. The molecular weight excluding hydrogens is 214 g/mol. The third-order valence-corrected chi connectivity index (χ3v) is 4.56. The third-order valence-electron chi connectivity index (χ3n) is 3.42. The molecule has 1 nitrogen and oxygen atoms in total. The van der Waals surface area contributed by atoms with Crippen molar-refractivity contribution < 1.29 is 0 Å². The molecule has 3 heteroatoms. The van der Waals surface area contributed by atoms with Crippen LogP contribution in [0, 0.1) is 5.92 Å². The van der Waals surface area contributed by atoms with Crippen molar-refractivity contribution in [3.05, 3.63) is 21.3 Å². The number of nitrogens with two attached hydrogens (primary N) is 1. The van der Waals surface area contributed by atoms with Crippen molar-refractivity contribution in [3.8, 4) is 0 Å². The molecule has 78 valence electrons. The molecular formula is C11H16ClNS. The maximum absolute atomic E-state index is 6.41. The molecule has 0 aliphatic heterocycles. The predicted octanol–water partition coefficient (Wildman–Crippen LogP) is 3.46. The van der Waals surface area contributed by atoms with E-state index in [2.05, 4.69) is 12.3 Å². The minimum absolute atomic E-state index is 0.0183. The Balaban J connectivity index is 2.10. The van der Waals surface area contributed by atoms with Gasteiger partial charge >= 0.3 is 0 Å². The molecule has 0 bridgehead atoms. The standard InChI is InChI=1S/C11H16ClNS/c1-8-3-2-4-11(8,13)6-9-5-10(12)14-7-9/h5,7-8H,2-4,6,13H2,1H3. The first kappa shape index (κ1) is 10.5. The average molecular weight is 230 g/mol. The van der Waals surface area contributed by atoms with Crippen LogP contribution in [0.5, 0.6) is 0 Å². The Labute approximate surface area is 94.3 Å². The summed E-state index contributed by atoms with van der Waals surface area (Å²) in [5, 5.41) is 2.13. The molecule has 0 aromatic carbocycles. The molecule has 2 unspecified atom stereocenters. The van der Waals surface area contributed by atoms with Gasteiger partial charge < -0.3 is 5.73 Å². The highest BCUT2D eigenvalue weighted by molar-refractivity contribution is 7.14. The molecule has 2 N–H and O–H groups in total. The van der Waals surface area contributed by atoms with Gasteiger partial charge in [0.2, 0.25) is 0 Å². The number of hydrogen-bond acceptors (Lipinski definition) is 2. The third kappa shape index (κ3) is 1.97. The van der Waals surface area contributed by atoms with Gasteiger partial charge in [0.1, 0.15) is 0 Å². The molecule has 14 heavy (non-hydrogen) atoms. The van der Waals surface area contributed by atoms with E-state index in [1.165, 1.54) is 18.4 Å².